The first-order chi connectivity index (χ1) is 22.7. The lowest BCUT2D eigenvalue weighted by molar-refractivity contribution is -0.385. The zero-order valence-electron chi connectivity index (χ0n) is 25.9. The first-order valence-electron chi connectivity index (χ1n) is 14.6. The van der Waals surface area contributed by atoms with Crippen LogP contribution in [0.1, 0.15) is 31.0 Å². The van der Waals surface area contributed by atoms with Crippen LogP contribution in [0.4, 0.5) is 5.69 Å². The molecular formula is C34H29N5O7S. The van der Waals surface area contributed by atoms with E-state index < -0.39 is 16.9 Å². The highest BCUT2D eigenvalue weighted by Crippen LogP contribution is 2.34. The van der Waals surface area contributed by atoms with Gasteiger partial charge in [0.15, 0.2) is 10.6 Å². The van der Waals surface area contributed by atoms with Crippen LogP contribution < -0.4 is 24.4 Å². The van der Waals surface area contributed by atoms with Gasteiger partial charge in [0, 0.05) is 23.4 Å². The molecule has 0 radical (unpaired) electrons. The van der Waals surface area contributed by atoms with Crippen LogP contribution in [0.15, 0.2) is 100 Å². The SMILES string of the molecule is CCOC(=O)C1=C(C)N=c2sc(=Cc3cn(-c4ccccc4)nc3-c3ccc(OC)c([N+](=O)[O-])c3)c(=O)n2C1c1ccc(OC)cc1. The van der Waals surface area contributed by atoms with Crippen LogP contribution in [0.2, 0.25) is 0 Å². The van der Waals surface area contributed by atoms with E-state index in [0.29, 0.717) is 43.2 Å². The number of carbonyl (C=O) groups excluding carboxylic acids is 1. The monoisotopic (exact) mass is 651 g/mol. The van der Waals surface area contributed by atoms with Gasteiger partial charge < -0.3 is 14.2 Å². The lowest BCUT2D eigenvalue weighted by Gasteiger charge is -2.24. The van der Waals surface area contributed by atoms with Gasteiger partial charge in [-0.05, 0) is 61.9 Å². The molecule has 0 fully saturated rings. The van der Waals surface area contributed by atoms with Crippen molar-refractivity contribution in [1.29, 1.82) is 0 Å². The van der Waals surface area contributed by atoms with E-state index in [0.717, 1.165) is 5.69 Å². The molecule has 5 aromatic rings. The van der Waals surface area contributed by atoms with Gasteiger partial charge in [-0.3, -0.25) is 19.5 Å². The molecule has 47 heavy (non-hydrogen) atoms. The van der Waals surface area contributed by atoms with Crippen molar-refractivity contribution in [3.63, 3.8) is 0 Å². The zero-order valence-corrected chi connectivity index (χ0v) is 26.7. The number of rotatable bonds is 9. The van der Waals surface area contributed by atoms with Gasteiger partial charge in [0.2, 0.25) is 0 Å². The van der Waals surface area contributed by atoms with Crippen LogP contribution in [0.5, 0.6) is 11.5 Å². The number of methoxy groups -OCH3 is 2. The minimum absolute atomic E-state index is 0.113. The summed E-state index contributed by atoms with van der Waals surface area (Å²) < 4.78 is 19.4. The number of esters is 1. The Kier molecular flexibility index (Phi) is 8.55. The Morgan fingerprint density at radius 1 is 1.06 bits per heavy atom. The normalized spacial score (nSPS) is 14.4. The van der Waals surface area contributed by atoms with Crippen molar-refractivity contribution in [2.75, 3.05) is 20.8 Å². The van der Waals surface area contributed by atoms with Gasteiger partial charge in [-0.15, -0.1) is 0 Å². The van der Waals surface area contributed by atoms with Crippen molar-refractivity contribution >= 4 is 29.1 Å². The Labute approximate surface area is 272 Å². The second kappa shape index (κ2) is 12.9. The summed E-state index contributed by atoms with van der Waals surface area (Å²) in [5, 5.41) is 16.6. The molecule has 0 saturated carbocycles. The molecule has 3 heterocycles. The lowest BCUT2D eigenvalue weighted by Crippen LogP contribution is -2.39. The van der Waals surface area contributed by atoms with E-state index in [1.165, 1.54) is 35.1 Å². The second-order valence-electron chi connectivity index (χ2n) is 10.4. The standard InChI is InChI=1S/C34H29N5O7S/c1-5-46-33(41)29-20(2)35-34-38(31(29)21-11-14-25(44-3)15-12-21)32(40)28(47-34)18-23-19-37(24-9-7-6-8-10-24)36-30(23)22-13-16-27(45-4)26(17-22)39(42)43/h6-19,31H,5H2,1-4H3. The van der Waals surface area contributed by atoms with Crippen molar-refractivity contribution in [3.8, 4) is 28.4 Å². The first-order valence-corrected chi connectivity index (χ1v) is 15.4. The molecule has 0 bridgehead atoms. The number of fused-ring (bicyclic) bond motifs is 1. The number of benzene rings is 3. The van der Waals surface area contributed by atoms with E-state index in [1.54, 1.807) is 68.2 Å². The number of carbonyl (C=O) groups is 1. The third kappa shape index (κ3) is 5.84. The van der Waals surface area contributed by atoms with Crippen LogP contribution >= 0.6 is 11.3 Å². The van der Waals surface area contributed by atoms with Gasteiger partial charge in [-0.25, -0.2) is 14.5 Å². The van der Waals surface area contributed by atoms with Crippen molar-refractivity contribution in [3.05, 3.63) is 131 Å². The van der Waals surface area contributed by atoms with Crippen molar-refractivity contribution < 1.29 is 23.9 Å². The summed E-state index contributed by atoms with van der Waals surface area (Å²) in [4.78, 5) is 43.9. The fraction of sp³-hybridized carbons (Fsp3) is 0.176. The highest BCUT2D eigenvalue weighted by atomic mass is 32.1. The largest absolute Gasteiger partial charge is 0.497 e. The Bertz CT molecular complexity index is 2220. The quantitative estimate of drug-likeness (QED) is 0.128. The molecule has 0 aliphatic carbocycles. The Balaban J connectivity index is 1.57. The summed E-state index contributed by atoms with van der Waals surface area (Å²) in [6, 6.07) is 20.3. The molecule has 13 heteroatoms. The first kappa shape index (κ1) is 31.2. The lowest BCUT2D eigenvalue weighted by atomic mass is 9.96. The molecule has 1 atom stereocenters. The van der Waals surface area contributed by atoms with Crippen LogP contribution in [-0.2, 0) is 9.53 Å². The number of para-hydroxylation sites is 1. The van der Waals surface area contributed by atoms with E-state index in [2.05, 4.69) is 4.99 Å². The molecule has 12 nitrogen and oxygen atoms in total. The molecule has 3 aromatic carbocycles. The van der Waals surface area contributed by atoms with Gasteiger partial charge in [-0.1, -0.05) is 41.7 Å². The highest BCUT2D eigenvalue weighted by molar-refractivity contribution is 7.07. The van der Waals surface area contributed by atoms with E-state index in [4.69, 9.17) is 19.3 Å². The maximum Gasteiger partial charge on any atom is 0.338 e. The van der Waals surface area contributed by atoms with Crippen LogP contribution in [0.25, 0.3) is 23.0 Å². The number of allylic oxidation sites excluding steroid dienone is 1. The van der Waals surface area contributed by atoms with Gasteiger partial charge >= 0.3 is 11.7 Å². The third-order valence-corrected chi connectivity index (χ3v) is 8.63. The molecular weight excluding hydrogens is 622 g/mol. The average molecular weight is 652 g/mol. The molecule has 0 amide bonds. The Morgan fingerprint density at radius 3 is 2.47 bits per heavy atom. The number of ether oxygens (including phenoxy) is 3. The third-order valence-electron chi connectivity index (χ3n) is 7.65. The van der Waals surface area contributed by atoms with E-state index in [9.17, 15) is 19.7 Å². The minimum atomic E-state index is -0.797. The number of thiazole rings is 1. The van der Waals surface area contributed by atoms with Gasteiger partial charge in [0.1, 0.15) is 11.4 Å². The molecule has 0 N–H and O–H groups in total. The topological polar surface area (TPSA) is 140 Å². The average Bonchev–Trinajstić information content (AvgIpc) is 3.64. The molecule has 6 rings (SSSR count). The fourth-order valence-corrected chi connectivity index (χ4v) is 6.48. The molecule has 2 aromatic heterocycles. The van der Waals surface area contributed by atoms with Gasteiger partial charge in [-0.2, -0.15) is 5.10 Å². The maximum atomic E-state index is 14.3. The summed E-state index contributed by atoms with van der Waals surface area (Å²) >= 11 is 1.17. The summed E-state index contributed by atoms with van der Waals surface area (Å²) in [5.74, 6) is 0.181. The minimum Gasteiger partial charge on any atom is -0.497 e. The number of nitro benzene ring substituents is 1. The molecule has 1 aliphatic rings. The molecule has 0 spiro atoms. The second-order valence-corrected chi connectivity index (χ2v) is 11.4. The molecule has 1 aliphatic heterocycles. The zero-order chi connectivity index (χ0) is 33.2. The van der Waals surface area contributed by atoms with Crippen molar-refractivity contribution in [2.24, 2.45) is 4.99 Å². The van der Waals surface area contributed by atoms with E-state index in [1.807, 2.05) is 30.3 Å². The number of nitro groups is 1. The summed E-state index contributed by atoms with van der Waals surface area (Å²) in [6.07, 6.45) is 3.45. The van der Waals surface area contributed by atoms with Gasteiger partial charge in [0.25, 0.3) is 5.56 Å². The number of hydrogen-bond acceptors (Lipinski definition) is 10. The van der Waals surface area contributed by atoms with Crippen LogP contribution in [0, 0.1) is 10.1 Å². The highest BCUT2D eigenvalue weighted by Gasteiger charge is 2.33. The Hall–Kier alpha value is -5.82. The molecule has 1 unspecified atom stereocenters. The van der Waals surface area contributed by atoms with Crippen LogP contribution in [0.3, 0.4) is 0 Å². The van der Waals surface area contributed by atoms with Crippen molar-refractivity contribution in [2.45, 2.75) is 19.9 Å². The number of hydrogen-bond donors (Lipinski definition) is 0. The van der Waals surface area contributed by atoms with E-state index in [-0.39, 0.29) is 29.2 Å². The Morgan fingerprint density at radius 2 is 1.81 bits per heavy atom. The summed E-state index contributed by atoms with van der Waals surface area (Å²) in [5.41, 5.74) is 2.98. The predicted molar refractivity (Wildman–Crippen MR) is 176 cm³/mol. The maximum absolute atomic E-state index is 14.3. The number of nitrogens with zero attached hydrogens (tertiary/aromatic N) is 5. The van der Waals surface area contributed by atoms with E-state index >= 15 is 0 Å². The van der Waals surface area contributed by atoms with Gasteiger partial charge in [0.05, 0.1) is 53.3 Å². The summed E-state index contributed by atoms with van der Waals surface area (Å²) in [7, 11) is 2.93. The molecule has 0 saturated heterocycles. The van der Waals surface area contributed by atoms with Crippen molar-refractivity contribution in [1.82, 2.24) is 14.3 Å². The fourth-order valence-electron chi connectivity index (χ4n) is 5.44. The smallest absolute Gasteiger partial charge is 0.338 e. The summed E-state index contributed by atoms with van der Waals surface area (Å²) in [6.45, 7) is 3.60. The predicted octanol–water partition coefficient (Wildman–Crippen LogP) is 4.58. The van der Waals surface area contributed by atoms with Crippen LogP contribution in [-0.4, -0.2) is 46.1 Å². The number of aromatic nitrogens is 3. The molecule has 238 valence electrons.